The number of fused-ring (bicyclic) bond motifs is 2. The molecule has 7 heteroatoms. The summed E-state index contributed by atoms with van der Waals surface area (Å²) in [6.07, 6.45) is 3.73. The average Bonchev–Trinajstić information content (AvgIpc) is 3.19. The number of aromatic nitrogens is 2. The number of hydrogen-bond acceptors (Lipinski definition) is 3. The first-order valence-electron chi connectivity index (χ1n) is 11.0. The van der Waals surface area contributed by atoms with Crippen LogP contribution < -0.4 is 10.2 Å². The number of nitrogens with zero attached hydrogens (tertiary/aromatic N) is 3. The summed E-state index contributed by atoms with van der Waals surface area (Å²) in [4.78, 5) is 32.6. The first kappa shape index (κ1) is 21.6. The molecule has 0 fully saturated rings. The van der Waals surface area contributed by atoms with Gasteiger partial charge >= 0.3 is 0 Å². The van der Waals surface area contributed by atoms with E-state index in [-0.39, 0.29) is 11.5 Å². The molecule has 170 valence electrons. The predicted molar refractivity (Wildman–Crippen MR) is 129 cm³/mol. The molecule has 6 nitrogen and oxygen atoms in total. The summed E-state index contributed by atoms with van der Waals surface area (Å²) in [5, 5.41) is 2.80. The summed E-state index contributed by atoms with van der Waals surface area (Å²) in [6, 6.07) is 17.0. The van der Waals surface area contributed by atoms with Crippen LogP contribution in [-0.4, -0.2) is 21.4 Å². The van der Waals surface area contributed by atoms with Gasteiger partial charge in [-0.15, -0.1) is 0 Å². The van der Waals surface area contributed by atoms with Crippen LogP contribution in [-0.2, 0) is 13.1 Å². The van der Waals surface area contributed by atoms with Gasteiger partial charge in [0.2, 0.25) is 0 Å². The minimum absolute atomic E-state index is 0.139. The quantitative estimate of drug-likeness (QED) is 0.468. The maximum atomic E-state index is 13.7. The molecule has 34 heavy (non-hydrogen) atoms. The molecule has 0 bridgehead atoms. The van der Waals surface area contributed by atoms with Crippen molar-refractivity contribution in [3.8, 4) is 0 Å². The van der Waals surface area contributed by atoms with E-state index in [0.717, 1.165) is 22.6 Å². The van der Waals surface area contributed by atoms with E-state index in [1.165, 1.54) is 12.1 Å². The van der Waals surface area contributed by atoms with Crippen molar-refractivity contribution >= 4 is 23.2 Å². The Hall–Kier alpha value is -4.26. The molecule has 1 N–H and O–H groups in total. The van der Waals surface area contributed by atoms with Crippen LogP contribution in [0.2, 0.25) is 0 Å². The topological polar surface area (TPSA) is 67.2 Å². The van der Waals surface area contributed by atoms with Gasteiger partial charge < -0.3 is 14.8 Å². The van der Waals surface area contributed by atoms with Crippen LogP contribution in [0, 0.1) is 19.7 Å². The molecular formula is C27H23FN4O2. The highest BCUT2D eigenvalue weighted by molar-refractivity contribution is 6.08. The second-order valence-electron chi connectivity index (χ2n) is 8.43. The van der Waals surface area contributed by atoms with Crippen molar-refractivity contribution in [1.29, 1.82) is 0 Å². The molecule has 0 unspecified atom stereocenters. The van der Waals surface area contributed by atoms with Crippen LogP contribution in [0.15, 0.2) is 73.1 Å². The van der Waals surface area contributed by atoms with Gasteiger partial charge in [0.15, 0.2) is 0 Å². The normalized spacial score (nSPS) is 12.5. The van der Waals surface area contributed by atoms with Crippen molar-refractivity contribution in [1.82, 2.24) is 9.55 Å². The van der Waals surface area contributed by atoms with Crippen molar-refractivity contribution in [3.05, 3.63) is 113 Å². The van der Waals surface area contributed by atoms with Crippen molar-refractivity contribution in [2.45, 2.75) is 26.9 Å². The van der Waals surface area contributed by atoms with Gasteiger partial charge in [0, 0.05) is 34.9 Å². The molecule has 0 spiro atoms. The van der Waals surface area contributed by atoms with Crippen molar-refractivity contribution in [2.75, 3.05) is 10.2 Å². The smallest absolute Gasteiger partial charge is 0.258 e. The number of aryl methyl sites for hydroxylation is 2. The molecular weight excluding hydrogens is 431 g/mol. The number of halogens is 1. The summed E-state index contributed by atoms with van der Waals surface area (Å²) in [5.74, 6) is -1.00. The fourth-order valence-corrected chi connectivity index (χ4v) is 4.30. The second kappa shape index (κ2) is 8.59. The van der Waals surface area contributed by atoms with E-state index in [1.54, 1.807) is 42.3 Å². The molecule has 5 rings (SSSR count). The van der Waals surface area contributed by atoms with Crippen LogP contribution >= 0.6 is 0 Å². The maximum absolute atomic E-state index is 13.7. The van der Waals surface area contributed by atoms with Crippen LogP contribution in [0.25, 0.3) is 0 Å². The molecule has 0 saturated heterocycles. The SMILES string of the molecule is Cc1ccc(F)cc1C(=O)Nc1ccc(C(=O)N2Cc3cccn3Cc3ncccc32)c(C)c1. The number of nitrogens with one attached hydrogen (secondary N) is 1. The summed E-state index contributed by atoms with van der Waals surface area (Å²) >= 11 is 0. The van der Waals surface area contributed by atoms with Gasteiger partial charge in [-0.05, 0) is 79.6 Å². The minimum atomic E-state index is -0.466. The lowest BCUT2D eigenvalue weighted by molar-refractivity contribution is 0.0983. The molecule has 0 aliphatic carbocycles. The van der Waals surface area contributed by atoms with E-state index in [4.69, 9.17) is 0 Å². The molecule has 4 aromatic rings. The minimum Gasteiger partial charge on any atom is -0.344 e. The number of carbonyl (C=O) groups is 2. The van der Waals surface area contributed by atoms with Crippen LogP contribution in [0.4, 0.5) is 15.8 Å². The summed E-state index contributed by atoms with van der Waals surface area (Å²) in [7, 11) is 0. The zero-order valence-electron chi connectivity index (χ0n) is 18.9. The largest absolute Gasteiger partial charge is 0.344 e. The number of carbonyl (C=O) groups excluding carboxylic acids is 2. The first-order chi connectivity index (χ1) is 16.4. The molecule has 1 aliphatic heterocycles. The Labute approximate surface area is 196 Å². The summed E-state index contributed by atoms with van der Waals surface area (Å²) in [5.41, 5.74) is 5.40. The number of pyridine rings is 1. The zero-order chi connectivity index (χ0) is 23.8. The van der Waals surface area contributed by atoms with Gasteiger partial charge in [-0.1, -0.05) is 6.07 Å². The van der Waals surface area contributed by atoms with Gasteiger partial charge in [-0.3, -0.25) is 14.6 Å². The van der Waals surface area contributed by atoms with Gasteiger partial charge in [0.05, 0.1) is 24.5 Å². The number of hydrogen-bond donors (Lipinski definition) is 1. The van der Waals surface area contributed by atoms with Crippen molar-refractivity contribution in [3.63, 3.8) is 0 Å². The van der Waals surface area contributed by atoms with E-state index in [0.29, 0.717) is 29.9 Å². The third kappa shape index (κ3) is 3.96. The Kier molecular flexibility index (Phi) is 5.45. The molecule has 3 heterocycles. The Morgan fingerprint density at radius 2 is 1.79 bits per heavy atom. The highest BCUT2D eigenvalue weighted by Crippen LogP contribution is 2.29. The third-order valence-corrected chi connectivity index (χ3v) is 6.12. The van der Waals surface area contributed by atoms with Gasteiger partial charge in [0.1, 0.15) is 5.82 Å². The number of benzene rings is 2. The summed E-state index contributed by atoms with van der Waals surface area (Å²) in [6.45, 7) is 4.62. The van der Waals surface area contributed by atoms with Crippen molar-refractivity contribution < 1.29 is 14.0 Å². The Morgan fingerprint density at radius 1 is 0.941 bits per heavy atom. The van der Waals surface area contributed by atoms with Gasteiger partial charge in [-0.2, -0.15) is 0 Å². The fourth-order valence-electron chi connectivity index (χ4n) is 4.30. The van der Waals surface area contributed by atoms with E-state index < -0.39 is 11.7 Å². The molecule has 2 aromatic carbocycles. The van der Waals surface area contributed by atoms with Gasteiger partial charge in [-0.25, -0.2) is 4.39 Å². The van der Waals surface area contributed by atoms with Crippen LogP contribution in [0.3, 0.4) is 0 Å². The molecule has 0 radical (unpaired) electrons. The highest BCUT2D eigenvalue weighted by atomic mass is 19.1. The predicted octanol–water partition coefficient (Wildman–Crippen LogP) is 5.10. The second-order valence-corrected chi connectivity index (χ2v) is 8.43. The standard InChI is InChI=1S/C27H23FN4O2/c1-17-7-8-19(28)14-23(17)26(33)30-20-9-10-22(18(2)13-20)27(34)32-15-21-5-4-12-31(21)16-24-25(32)6-3-11-29-24/h3-14H,15-16H2,1-2H3,(H,30,33). The average molecular weight is 455 g/mol. The molecule has 0 atom stereocenters. The first-order valence-corrected chi connectivity index (χ1v) is 11.0. The van der Waals surface area contributed by atoms with Gasteiger partial charge in [0.25, 0.3) is 11.8 Å². The molecule has 0 saturated carbocycles. The Bertz CT molecular complexity index is 1430. The maximum Gasteiger partial charge on any atom is 0.258 e. The zero-order valence-corrected chi connectivity index (χ0v) is 18.9. The Morgan fingerprint density at radius 3 is 2.62 bits per heavy atom. The molecule has 2 aromatic heterocycles. The molecule has 1 aliphatic rings. The van der Waals surface area contributed by atoms with E-state index in [1.807, 2.05) is 37.4 Å². The van der Waals surface area contributed by atoms with Crippen LogP contribution in [0.1, 0.15) is 43.2 Å². The number of anilines is 2. The van der Waals surface area contributed by atoms with E-state index >= 15 is 0 Å². The lowest BCUT2D eigenvalue weighted by Gasteiger charge is -2.23. The fraction of sp³-hybridized carbons (Fsp3) is 0.148. The Balaban J connectivity index is 1.43. The monoisotopic (exact) mass is 454 g/mol. The number of amides is 2. The highest BCUT2D eigenvalue weighted by Gasteiger charge is 2.26. The lowest BCUT2D eigenvalue weighted by atomic mass is 10.0. The van der Waals surface area contributed by atoms with Crippen molar-refractivity contribution in [2.24, 2.45) is 0 Å². The third-order valence-electron chi connectivity index (χ3n) is 6.12. The summed E-state index contributed by atoms with van der Waals surface area (Å²) < 4.78 is 15.7. The number of rotatable bonds is 3. The molecule has 2 amide bonds. The lowest BCUT2D eigenvalue weighted by Crippen LogP contribution is -2.31. The van der Waals surface area contributed by atoms with E-state index in [2.05, 4.69) is 14.9 Å². The van der Waals surface area contributed by atoms with Crippen LogP contribution in [0.5, 0.6) is 0 Å². The van der Waals surface area contributed by atoms with E-state index in [9.17, 15) is 14.0 Å².